The van der Waals surface area contributed by atoms with Gasteiger partial charge in [-0.1, -0.05) is 0 Å². The first-order valence-corrected chi connectivity index (χ1v) is 7.64. The van der Waals surface area contributed by atoms with Crippen molar-refractivity contribution in [3.63, 3.8) is 0 Å². The highest BCUT2D eigenvalue weighted by molar-refractivity contribution is 7.89. The lowest BCUT2D eigenvalue weighted by atomic mass is 10.4. The normalized spacial score (nSPS) is 20.1. The van der Waals surface area contributed by atoms with Gasteiger partial charge in [-0.05, 0) is 13.0 Å². The third-order valence-electron chi connectivity index (χ3n) is 2.66. The van der Waals surface area contributed by atoms with Crippen LogP contribution in [0.4, 0.5) is 0 Å². The fraction of sp³-hybridized carbons (Fsp3) is 0.889. The molecule has 1 saturated heterocycles. The zero-order valence-electron chi connectivity index (χ0n) is 9.64. The van der Waals surface area contributed by atoms with E-state index in [0.717, 1.165) is 0 Å². The van der Waals surface area contributed by atoms with Crippen molar-refractivity contribution in [2.45, 2.75) is 6.42 Å². The maximum atomic E-state index is 11.8. The van der Waals surface area contributed by atoms with Gasteiger partial charge in [-0.2, -0.15) is 0 Å². The average molecular weight is 284 g/mol. The largest absolute Gasteiger partial charge is 0.369 e. The van der Waals surface area contributed by atoms with Gasteiger partial charge in [0, 0.05) is 25.5 Å². The third kappa shape index (κ3) is 4.79. The molecule has 1 aliphatic rings. The molecule has 0 bridgehead atoms. The van der Waals surface area contributed by atoms with E-state index in [2.05, 4.69) is 0 Å². The van der Waals surface area contributed by atoms with E-state index >= 15 is 0 Å². The van der Waals surface area contributed by atoms with Gasteiger partial charge in [-0.15, -0.1) is 11.6 Å². The van der Waals surface area contributed by atoms with Crippen molar-refractivity contribution in [3.8, 4) is 0 Å². The summed E-state index contributed by atoms with van der Waals surface area (Å²) < 4.78 is 25.0. The Bertz CT molecular complexity index is 360. The second-order valence-electron chi connectivity index (χ2n) is 4.00. The number of primary amides is 1. The number of nitrogens with zero attached hydrogens (tertiary/aromatic N) is 2. The summed E-state index contributed by atoms with van der Waals surface area (Å²) >= 11 is 5.47. The molecule has 0 aromatic carbocycles. The molecule has 0 saturated carbocycles. The van der Waals surface area contributed by atoms with E-state index in [0.29, 0.717) is 32.6 Å². The lowest BCUT2D eigenvalue weighted by molar-refractivity contribution is -0.119. The molecule has 100 valence electrons. The minimum atomic E-state index is -3.25. The molecule has 0 aromatic rings. The van der Waals surface area contributed by atoms with Crippen molar-refractivity contribution in [1.29, 1.82) is 0 Å². The van der Waals surface area contributed by atoms with Crippen LogP contribution >= 0.6 is 11.6 Å². The Morgan fingerprint density at radius 1 is 1.24 bits per heavy atom. The molecule has 0 atom stereocenters. The maximum Gasteiger partial charge on any atom is 0.231 e. The number of halogens is 1. The van der Waals surface area contributed by atoms with Crippen LogP contribution in [0.3, 0.4) is 0 Å². The van der Waals surface area contributed by atoms with Crippen molar-refractivity contribution >= 4 is 27.5 Å². The molecule has 0 spiro atoms. The first-order valence-electron chi connectivity index (χ1n) is 5.50. The van der Waals surface area contributed by atoms with Crippen LogP contribution in [-0.2, 0) is 14.8 Å². The second-order valence-corrected chi connectivity index (χ2v) is 6.47. The van der Waals surface area contributed by atoms with Crippen molar-refractivity contribution in [2.75, 3.05) is 44.4 Å². The van der Waals surface area contributed by atoms with Crippen molar-refractivity contribution in [1.82, 2.24) is 9.21 Å². The summed E-state index contributed by atoms with van der Waals surface area (Å²) in [7, 11) is -3.25. The summed E-state index contributed by atoms with van der Waals surface area (Å²) in [6, 6.07) is 0. The number of nitrogens with two attached hydrogens (primary N) is 1. The average Bonchev–Trinajstić information content (AvgIpc) is 2.42. The van der Waals surface area contributed by atoms with Gasteiger partial charge in [0.2, 0.25) is 15.9 Å². The molecule has 0 radical (unpaired) electrons. The lowest BCUT2D eigenvalue weighted by Gasteiger charge is -2.20. The molecule has 1 heterocycles. The molecule has 2 N–H and O–H groups in total. The van der Waals surface area contributed by atoms with Gasteiger partial charge >= 0.3 is 0 Å². The number of carbonyl (C=O) groups is 1. The molecule has 0 unspecified atom stereocenters. The van der Waals surface area contributed by atoms with Crippen LogP contribution in [0.15, 0.2) is 0 Å². The summed E-state index contributed by atoms with van der Waals surface area (Å²) in [6.45, 7) is 2.28. The predicted molar refractivity (Wildman–Crippen MR) is 66.3 cm³/mol. The number of alkyl halides is 1. The van der Waals surface area contributed by atoms with E-state index in [1.165, 1.54) is 4.31 Å². The molecule has 0 aliphatic carbocycles. The van der Waals surface area contributed by atoms with Crippen LogP contribution < -0.4 is 5.73 Å². The Morgan fingerprint density at radius 3 is 2.53 bits per heavy atom. The molecule has 8 heteroatoms. The predicted octanol–water partition coefficient (Wildman–Crippen LogP) is -0.952. The summed E-state index contributed by atoms with van der Waals surface area (Å²) in [5.74, 6) is -0.323. The molecule has 1 rings (SSSR count). The Balaban J connectivity index is 2.56. The highest BCUT2D eigenvalue weighted by Gasteiger charge is 2.24. The van der Waals surface area contributed by atoms with Crippen molar-refractivity contribution < 1.29 is 13.2 Å². The zero-order chi connectivity index (χ0) is 12.9. The molecule has 0 aromatic heterocycles. The maximum absolute atomic E-state index is 11.8. The SMILES string of the molecule is NC(=O)CN1CCCN(S(=O)(=O)CCCl)CC1. The van der Waals surface area contributed by atoms with E-state index in [1.807, 2.05) is 4.90 Å². The number of amides is 1. The number of rotatable bonds is 5. The zero-order valence-corrected chi connectivity index (χ0v) is 11.2. The van der Waals surface area contributed by atoms with Gasteiger partial charge < -0.3 is 5.73 Å². The molecule has 6 nitrogen and oxygen atoms in total. The van der Waals surface area contributed by atoms with Gasteiger partial charge in [0.1, 0.15) is 0 Å². The molecule has 1 amide bonds. The molecule has 1 aliphatic heterocycles. The van der Waals surface area contributed by atoms with Gasteiger partial charge in [0.25, 0.3) is 0 Å². The van der Waals surface area contributed by atoms with Crippen molar-refractivity contribution in [2.24, 2.45) is 5.73 Å². The summed E-state index contributed by atoms with van der Waals surface area (Å²) in [5, 5.41) is 0. The van der Waals surface area contributed by atoms with E-state index < -0.39 is 10.0 Å². The smallest absolute Gasteiger partial charge is 0.231 e. The topological polar surface area (TPSA) is 83.7 Å². The van der Waals surface area contributed by atoms with Crippen LogP contribution in [0, 0.1) is 0 Å². The monoisotopic (exact) mass is 283 g/mol. The van der Waals surface area contributed by atoms with E-state index in [1.54, 1.807) is 0 Å². The molecule has 17 heavy (non-hydrogen) atoms. The molecular weight excluding hydrogens is 266 g/mol. The van der Waals surface area contributed by atoms with Gasteiger partial charge in [0.05, 0.1) is 12.3 Å². The Labute approximate surface area is 107 Å². The minimum Gasteiger partial charge on any atom is -0.369 e. The Hall–Kier alpha value is -0.370. The van der Waals surface area contributed by atoms with Crippen LogP contribution in [-0.4, -0.2) is 67.9 Å². The highest BCUT2D eigenvalue weighted by Crippen LogP contribution is 2.08. The number of carbonyl (C=O) groups excluding carboxylic acids is 1. The van der Waals surface area contributed by atoms with Crippen LogP contribution in [0.5, 0.6) is 0 Å². The summed E-state index contributed by atoms with van der Waals surface area (Å²) in [4.78, 5) is 12.7. The highest BCUT2D eigenvalue weighted by atomic mass is 35.5. The summed E-state index contributed by atoms with van der Waals surface area (Å²) in [6.07, 6.45) is 0.703. The molecular formula is C9H18ClN3O3S. The van der Waals surface area contributed by atoms with Crippen molar-refractivity contribution in [3.05, 3.63) is 0 Å². The minimum absolute atomic E-state index is 0.0373. The van der Waals surface area contributed by atoms with Crippen LogP contribution in [0.2, 0.25) is 0 Å². The fourth-order valence-electron chi connectivity index (χ4n) is 1.83. The van der Waals surface area contributed by atoms with E-state index in [4.69, 9.17) is 17.3 Å². The second kappa shape index (κ2) is 6.53. The first kappa shape index (κ1) is 14.7. The fourth-order valence-corrected chi connectivity index (χ4v) is 3.64. The summed E-state index contributed by atoms with van der Waals surface area (Å²) in [5.41, 5.74) is 5.11. The molecule has 1 fully saturated rings. The number of hydrogen-bond acceptors (Lipinski definition) is 4. The number of sulfonamides is 1. The third-order valence-corrected chi connectivity index (χ3v) is 4.94. The van der Waals surface area contributed by atoms with Crippen LogP contribution in [0.1, 0.15) is 6.42 Å². The van der Waals surface area contributed by atoms with Gasteiger partial charge in [-0.25, -0.2) is 12.7 Å². The van der Waals surface area contributed by atoms with E-state index in [-0.39, 0.29) is 24.1 Å². The Kier molecular flexibility index (Phi) is 5.64. The lowest BCUT2D eigenvalue weighted by Crippen LogP contribution is -2.39. The van der Waals surface area contributed by atoms with Gasteiger partial charge in [-0.3, -0.25) is 9.69 Å². The number of hydrogen-bond donors (Lipinski definition) is 1. The first-order chi connectivity index (χ1) is 7.95. The van der Waals surface area contributed by atoms with Gasteiger partial charge in [0.15, 0.2) is 0 Å². The van der Waals surface area contributed by atoms with Crippen LogP contribution in [0.25, 0.3) is 0 Å². The standard InChI is InChI=1S/C9H18ClN3O3S/c10-2-7-17(15,16)13-4-1-3-12(5-6-13)8-9(11)14/h1-8H2,(H2,11,14). The Morgan fingerprint density at radius 2 is 1.94 bits per heavy atom. The quantitative estimate of drug-likeness (QED) is 0.659. The van der Waals surface area contributed by atoms with E-state index in [9.17, 15) is 13.2 Å².